The highest BCUT2D eigenvalue weighted by Crippen LogP contribution is 2.29. The number of hydrogen-bond donors (Lipinski definition) is 2. The SMILES string of the molecule is CC(N)C1CCN(Cc2ccc3c(c2)CN(C2CCC(=O)NC2=O)C3=O)C1. The fraction of sp³-hybridized carbons (Fsp3) is 0.550. The molecule has 2 fully saturated rings. The topological polar surface area (TPSA) is 95.7 Å². The quantitative estimate of drug-likeness (QED) is 0.758. The first-order valence-corrected chi connectivity index (χ1v) is 9.67. The van der Waals surface area contributed by atoms with Gasteiger partial charge in [-0.1, -0.05) is 12.1 Å². The van der Waals surface area contributed by atoms with E-state index >= 15 is 0 Å². The van der Waals surface area contributed by atoms with Gasteiger partial charge in [0.25, 0.3) is 5.91 Å². The van der Waals surface area contributed by atoms with Crippen LogP contribution in [0, 0.1) is 5.92 Å². The molecule has 2 saturated heterocycles. The number of nitrogens with one attached hydrogen (secondary N) is 1. The van der Waals surface area contributed by atoms with E-state index in [1.165, 1.54) is 5.56 Å². The number of amides is 3. The van der Waals surface area contributed by atoms with Gasteiger partial charge in [-0.15, -0.1) is 0 Å². The van der Waals surface area contributed by atoms with Crippen molar-refractivity contribution in [3.63, 3.8) is 0 Å². The second kappa shape index (κ2) is 7.05. The summed E-state index contributed by atoms with van der Waals surface area (Å²) in [4.78, 5) is 40.2. The van der Waals surface area contributed by atoms with Gasteiger partial charge in [-0.25, -0.2) is 0 Å². The lowest BCUT2D eigenvalue weighted by atomic mass is 10.0. The van der Waals surface area contributed by atoms with Crippen LogP contribution in [0.25, 0.3) is 0 Å². The second-order valence-corrected chi connectivity index (χ2v) is 8.03. The van der Waals surface area contributed by atoms with E-state index in [0.29, 0.717) is 24.4 Å². The lowest BCUT2D eigenvalue weighted by Gasteiger charge is -2.29. The third kappa shape index (κ3) is 3.49. The summed E-state index contributed by atoms with van der Waals surface area (Å²) in [5.74, 6) is -0.210. The molecule has 3 aliphatic heterocycles. The normalized spacial score (nSPS) is 27.0. The van der Waals surface area contributed by atoms with Crippen LogP contribution in [0.2, 0.25) is 0 Å². The van der Waals surface area contributed by atoms with Crippen LogP contribution >= 0.6 is 0 Å². The molecular weight excluding hydrogens is 344 g/mol. The van der Waals surface area contributed by atoms with E-state index in [1.54, 1.807) is 4.90 Å². The largest absolute Gasteiger partial charge is 0.328 e. The summed E-state index contributed by atoms with van der Waals surface area (Å²) in [6.45, 7) is 5.40. The highest BCUT2D eigenvalue weighted by Gasteiger charge is 2.39. The summed E-state index contributed by atoms with van der Waals surface area (Å²) in [7, 11) is 0. The van der Waals surface area contributed by atoms with Crippen LogP contribution in [0.15, 0.2) is 18.2 Å². The number of nitrogens with two attached hydrogens (primary N) is 1. The fourth-order valence-corrected chi connectivity index (χ4v) is 4.42. The fourth-order valence-electron chi connectivity index (χ4n) is 4.42. The number of piperidine rings is 1. The third-order valence-corrected chi connectivity index (χ3v) is 6.05. The average Bonchev–Trinajstić information content (AvgIpc) is 3.20. The first kappa shape index (κ1) is 18.1. The Hall–Kier alpha value is -2.25. The molecule has 0 radical (unpaired) electrons. The van der Waals surface area contributed by atoms with Crippen molar-refractivity contribution in [2.75, 3.05) is 13.1 Å². The third-order valence-electron chi connectivity index (χ3n) is 6.05. The van der Waals surface area contributed by atoms with E-state index in [9.17, 15) is 14.4 Å². The maximum Gasteiger partial charge on any atom is 0.255 e. The van der Waals surface area contributed by atoms with E-state index in [0.717, 1.165) is 31.6 Å². The smallest absolute Gasteiger partial charge is 0.255 e. The molecule has 144 valence electrons. The van der Waals surface area contributed by atoms with E-state index in [-0.39, 0.29) is 30.2 Å². The lowest BCUT2D eigenvalue weighted by molar-refractivity contribution is -0.136. The number of fused-ring (bicyclic) bond motifs is 1. The van der Waals surface area contributed by atoms with Gasteiger partial charge in [-0.2, -0.15) is 0 Å². The Bertz CT molecular complexity index is 791. The summed E-state index contributed by atoms with van der Waals surface area (Å²) >= 11 is 0. The predicted molar refractivity (Wildman–Crippen MR) is 99.5 cm³/mol. The molecule has 1 aromatic rings. The van der Waals surface area contributed by atoms with E-state index in [1.807, 2.05) is 12.1 Å². The molecule has 0 aliphatic carbocycles. The van der Waals surface area contributed by atoms with Crippen LogP contribution < -0.4 is 11.1 Å². The lowest BCUT2D eigenvalue weighted by Crippen LogP contribution is -2.52. The number of carbonyl (C=O) groups is 3. The number of hydrogen-bond acceptors (Lipinski definition) is 5. The van der Waals surface area contributed by atoms with Gasteiger partial charge in [0.05, 0.1) is 0 Å². The van der Waals surface area contributed by atoms with Gasteiger partial charge in [0.1, 0.15) is 6.04 Å². The number of nitrogens with zero attached hydrogens (tertiary/aromatic N) is 2. The van der Waals surface area contributed by atoms with Gasteiger partial charge < -0.3 is 10.6 Å². The van der Waals surface area contributed by atoms with Crippen LogP contribution in [0.3, 0.4) is 0 Å². The summed E-state index contributed by atoms with van der Waals surface area (Å²) in [6.07, 6.45) is 1.80. The Kier molecular flexibility index (Phi) is 4.74. The molecule has 3 N–H and O–H groups in total. The average molecular weight is 370 g/mol. The number of rotatable bonds is 4. The Morgan fingerprint density at radius 1 is 1.26 bits per heavy atom. The summed E-state index contributed by atoms with van der Waals surface area (Å²) in [5.41, 5.74) is 8.83. The standard InChI is InChI=1S/C20H26N4O3/c1-12(21)14-6-7-23(10-14)9-13-2-3-16-15(8-13)11-24(20(16)27)17-4-5-18(25)22-19(17)26/h2-3,8,12,14,17H,4-7,9-11,21H2,1H3,(H,22,25,26). The molecule has 0 aromatic heterocycles. The molecule has 3 amide bonds. The molecule has 0 bridgehead atoms. The Labute approximate surface area is 158 Å². The van der Waals surface area contributed by atoms with Crippen molar-refractivity contribution >= 4 is 17.7 Å². The zero-order valence-corrected chi connectivity index (χ0v) is 15.6. The van der Waals surface area contributed by atoms with E-state index in [4.69, 9.17) is 5.73 Å². The van der Waals surface area contributed by atoms with Crippen molar-refractivity contribution in [2.45, 2.75) is 51.4 Å². The molecule has 4 rings (SSSR count). The van der Waals surface area contributed by atoms with Gasteiger partial charge in [-0.3, -0.25) is 24.6 Å². The minimum Gasteiger partial charge on any atom is -0.328 e. The molecule has 7 heteroatoms. The maximum atomic E-state index is 12.7. The number of carbonyl (C=O) groups excluding carboxylic acids is 3. The number of benzene rings is 1. The van der Waals surface area contributed by atoms with Crippen LogP contribution in [-0.2, 0) is 22.7 Å². The van der Waals surface area contributed by atoms with Crippen LogP contribution in [0.5, 0.6) is 0 Å². The predicted octanol–water partition coefficient (Wildman–Crippen LogP) is 0.617. The van der Waals surface area contributed by atoms with Gasteiger partial charge in [0.15, 0.2) is 0 Å². The number of likely N-dealkylation sites (tertiary alicyclic amines) is 1. The molecule has 3 unspecified atom stereocenters. The van der Waals surface area contributed by atoms with Crippen molar-refractivity contribution in [3.8, 4) is 0 Å². The molecule has 1 aromatic carbocycles. The van der Waals surface area contributed by atoms with Gasteiger partial charge in [0.2, 0.25) is 11.8 Å². The molecule has 3 aliphatic rings. The van der Waals surface area contributed by atoms with Crippen molar-refractivity contribution in [2.24, 2.45) is 11.7 Å². The van der Waals surface area contributed by atoms with Crippen LogP contribution in [0.4, 0.5) is 0 Å². The molecule has 27 heavy (non-hydrogen) atoms. The van der Waals surface area contributed by atoms with Crippen molar-refractivity contribution in [1.29, 1.82) is 0 Å². The second-order valence-electron chi connectivity index (χ2n) is 8.03. The zero-order chi connectivity index (χ0) is 19.1. The molecular formula is C20H26N4O3. The molecule has 3 heterocycles. The molecule has 7 nitrogen and oxygen atoms in total. The van der Waals surface area contributed by atoms with Crippen molar-refractivity contribution in [3.05, 3.63) is 34.9 Å². The Balaban J connectivity index is 1.45. The molecule has 0 saturated carbocycles. The summed E-state index contributed by atoms with van der Waals surface area (Å²) in [6, 6.07) is 5.62. The minimum atomic E-state index is -0.559. The summed E-state index contributed by atoms with van der Waals surface area (Å²) < 4.78 is 0. The van der Waals surface area contributed by atoms with Gasteiger partial charge in [-0.05, 0) is 49.4 Å². The van der Waals surface area contributed by atoms with Crippen LogP contribution in [0.1, 0.15) is 47.7 Å². The van der Waals surface area contributed by atoms with E-state index in [2.05, 4.69) is 23.2 Å². The van der Waals surface area contributed by atoms with Crippen molar-refractivity contribution < 1.29 is 14.4 Å². The van der Waals surface area contributed by atoms with Crippen LogP contribution in [-0.4, -0.2) is 52.7 Å². The summed E-state index contributed by atoms with van der Waals surface area (Å²) in [5, 5.41) is 2.34. The monoisotopic (exact) mass is 370 g/mol. The van der Waals surface area contributed by atoms with Gasteiger partial charge >= 0.3 is 0 Å². The van der Waals surface area contributed by atoms with Gasteiger partial charge in [0, 0.05) is 37.7 Å². The van der Waals surface area contributed by atoms with E-state index < -0.39 is 6.04 Å². The molecule has 0 spiro atoms. The minimum absolute atomic E-state index is 0.121. The first-order chi connectivity index (χ1) is 12.9. The highest BCUT2D eigenvalue weighted by atomic mass is 16.2. The Morgan fingerprint density at radius 2 is 2.07 bits per heavy atom. The number of imide groups is 1. The highest BCUT2D eigenvalue weighted by molar-refractivity contribution is 6.05. The Morgan fingerprint density at radius 3 is 2.78 bits per heavy atom. The first-order valence-electron chi connectivity index (χ1n) is 9.67. The zero-order valence-electron chi connectivity index (χ0n) is 15.6. The maximum absolute atomic E-state index is 12.7. The molecule has 3 atom stereocenters. The van der Waals surface area contributed by atoms with Crippen molar-refractivity contribution in [1.82, 2.24) is 15.1 Å².